The number of nitrogens with zero attached hydrogens (tertiary/aromatic N) is 3. The number of carbonyl (C=O) groups excluding carboxylic acids is 1. The van der Waals surface area contributed by atoms with Crippen molar-refractivity contribution in [2.45, 2.75) is 20.8 Å². The maximum Gasteiger partial charge on any atom is 0.362 e. The molecule has 2 rings (SSSR count). The van der Waals surface area contributed by atoms with Crippen LogP contribution in [-0.4, -0.2) is 27.6 Å². The first-order valence-corrected chi connectivity index (χ1v) is 6.00. The van der Waals surface area contributed by atoms with Gasteiger partial charge in [-0.2, -0.15) is 4.68 Å². The second kappa shape index (κ2) is 5.09. The molecule has 0 amide bonds. The molecule has 0 atom stereocenters. The Morgan fingerprint density at radius 1 is 1.37 bits per heavy atom. The summed E-state index contributed by atoms with van der Waals surface area (Å²) in [6.45, 7) is 6.02. The van der Waals surface area contributed by atoms with E-state index < -0.39 is 5.97 Å². The zero-order valence-corrected chi connectivity index (χ0v) is 11.2. The van der Waals surface area contributed by atoms with E-state index in [2.05, 4.69) is 10.3 Å². The van der Waals surface area contributed by atoms with E-state index in [1.807, 2.05) is 32.0 Å². The van der Waals surface area contributed by atoms with E-state index in [1.54, 1.807) is 6.92 Å². The van der Waals surface area contributed by atoms with Crippen LogP contribution in [0.2, 0.25) is 0 Å². The lowest BCUT2D eigenvalue weighted by Gasteiger charge is -2.06. The first kappa shape index (κ1) is 13.1. The molecule has 0 bridgehead atoms. The quantitative estimate of drug-likeness (QED) is 0.848. The fourth-order valence-corrected chi connectivity index (χ4v) is 1.68. The van der Waals surface area contributed by atoms with Crippen molar-refractivity contribution < 1.29 is 9.53 Å². The van der Waals surface area contributed by atoms with Crippen LogP contribution in [0, 0.1) is 13.8 Å². The lowest BCUT2D eigenvalue weighted by Crippen LogP contribution is -2.09. The minimum Gasteiger partial charge on any atom is -0.461 e. The molecule has 19 heavy (non-hydrogen) atoms. The van der Waals surface area contributed by atoms with Gasteiger partial charge in [0.15, 0.2) is 5.82 Å². The Morgan fingerprint density at radius 2 is 2.11 bits per heavy atom. The van der Waals surface area contributed by atoms with E-state index in [0.29, 0.717) is 0 Å². The summed E-state index contributed by atoms with van der Waals surface area (Å²) in [7, 11) is 0. The van der Waals surface area contributed by atoms with Gasteiger partial charge in [-0.05, 0) is 44.0 Å². The molecule has 0 aliphatic carbocycles. The fourth-order valence-electron chi connectivity index (χ4n) is 1.68. The molecular formula is C13H16N4O2. The first-order chi connectivity index (χ1) is 9.04. The van der Waals surface area contributed by atoms with E-state index >= 15 is 0 Å². The highest BCUT2D eigenvalue weighted by Gasteiger charge is 2.19. The predicted molar refractivity (Wildman–Crippen MR) is 71.2 cm³/mol. The lowest BCUT2D eigenvalue weighted by molar-refractivity contribution is 0.0520. The summed E-state index contributed by atoms with van der Waals surface area (Å²) in [6, 6.07) is 5.79. The van der Waals surface area contributed by atoms with Gasteiger partial charge in [0.25, 0.3) is 0 Å². The Labute approximate surface area is 111 Å². The molecule has 2 N–H and O–H groups in total. The number of esters is 1. The minimum atomic E-state index is -0.560. The molecule has 1 aromatic carbocycles. The van der Waals surface area contributed by atoms with Crippen LogP contribution in [0.15, 0.2) is 18.2 Å². The van der Waals surface area contributed by atoms with Crippen LogP contribution in [0.25, 0.3) is 5.69 Å². The number of hydrogen-bond donors (Lipinski definition) is 1. The highest BCUT2D eigenvalue weighted by atomic mass is 16.5. The summed E-state index contributed by atoms with van der Waals surface area (Å²) in [5.74, 6) is -0.378. The third kappa shape index (κ3) is 2.42. The van der Waals surface area contributed by atoms with Gasteiger partial charge in [0.2, 0.25) is 5.69 Å². The molecule has 100 valence electrons. The third-order valence-electron chi connectivity index (χ3n) is 2.91. The average Bonchev–Trinajstić information content (AvgIpc) is 2.75. The van der Waals surface area contributed by atoms with E-state index in [9.17, 15) is 4.79 Å². The first-order valence-electron chi connectivity index (χ1n) is 6.00. The Hall–Kier alpha value is -2.37. The van der Waals surface area contributed by atoms with Crippen LogP contribution >= 0.6 is 0 Å². The van der Waals surface area contributed by atoms with Gasteiger partial charge < -0.3 is 10.5 Å². The second-order valence-corrected chi connectivity index (χ2v) is 4.22. The number of hydrogen-bond acceptors (Lipinski definition) is 5. The molecule has 6 heteroatoms. The number of nitrogen functional groups attached to an aromatic ring is 1. The number of anilines is 1. The van der Waals surface area contributed by atoms with Crippen molar-refractivity contribution in [3.05, 3.63) is 35.0 Å². The van der Waals surface area contributed by atoms with Crippen LogP contribution in [-0.2, 0) is 4.74 Å². The average molecular weight is 260 g/mol. The summed E-state index contributed by atoms with van der Waals surface area (Å²) in [4.78, 5) is 11.6. The minimum absolute atomic E-state index is 0.0417. The molecule has 0 unspecified atom stereocenters. The maximum absolute atomic E-state index is 11.6. The van der Waals surface area contributed by atoms with Crippen molar-refractivity contribution in [3.8, 4) is 5.69 Å². The highest BCUT2D eigenvalue weighted by molar-refractivity contribution is 5.92. The fraction of sp³-hybridized carbons (Fsp3) is 0.308. The Morgan fingerprint density at radius 3 is 2.74 bits per heavy atom. The van der Waals surface area contributed by atoms with Gasteiger partial charge in [0.05, 0.1) is 12.3 Å². The number of aryl methyl sites for hydroxylation is 2. The van der Waals surface area contributed by atoms with Gasteiger partial charge in [0, 0.05) is 0 Å². The number of carbonyl (C=O) groups is 1. The Kier molecular flexibility index (Phi) is 3.50. The lowest BCUT2D eigenvalue weighted by atomic mass is 10.1. The van der Waals surface area contributed by atoms with Crippen LogP contribution in [0.4, 0.5) is 5.82 Å². The third-order valence-corrected chi connectivity index (χ3v) is 2.91. The standard InChI is InChI=1S/C13H16N4O2/c1-4-19-13(18)11-12(14)17(16-15-11)10-6-5-8(2)9(3)7-10/h5-7H,4,14H2,1-3H3. The second-order valence-electron chi connectivity index (χ2n) is 4.22. The van der Waals surface area contributed by atoms with Crippen LogP contribution in [0.1, 0.15) is 28.5 Å². The highest BCUT2D eigenvalue weighted by Crippen LogP contribution is 2.18. The number of ether oxygens (including phenoxy) is 1. The molecule has 0 aliphatic rings. The van der Waals surface area contributed by atoms with Crippen LogP contribution < -0.4 is 5.73 Å². The number of aromatic nitrogens is 3. The molecule has 0 aliphatic heterocycles. The Bertz CT molecular complexity index is 619. The Balaban J connectivity index is 2.41. The van der Waals surface area contributed by atoms with Crippen LogP contribution in [0.5, 0.6) is 0 Å². The monoisotopic (exact) mass is 260 g/mol. The molecule has 1 heterocycles. The summed E-state index contributed by atoms with van der Waals surface area (Å²) in [6.07, 6.45) is 0. The summed E-state index contributed by atoms with van der Waals surface area (Å²) in [5.41, 5.74) is 8.99. The molecule has 6 nitrogen and oxygen atoms in total. The van der Waals surface area contributed by atoms with Gasteiger partial charge in [-0.25, -0.2) is 4.79 Å². The van der Waals surface area contributed by atoms with Crippen molar-refractivity contribution in [1.29, 1.82) is 0 Å². The number of benzene rings is 1. The molecule has 0 radical (unpaired) electrons. The predicted octanol–water partition coefficient (Wildman–Crippen LogP) is 1.64. The number of rotatable bonds is 3. The van der Waals surface area contributed by atoms with Crippen molar-refractivity contribution in [3.63, 3.8) is 0 Å². The molecule has 1 aromatic heterocycles. The topological polar surface area (TPSA) is 83.0 Å². The molecule has 0 fully saturated rings. The summed E-state index contributed by atoms with van der Waals surface area (Å²) in [5, 5.41) is 7.68. The zero-order valence-electron chi connectivity index (χ0n) is 11.2. The molecular weight excluding hydrogens is 244 g/mol. The summed E-state index contributed by atoms with van der Waals surface area (Å²) < 4.78 is 6.30. The van der Waals surface area contributed by atoms with E-state index in [4.69, 9.17) is 10.5 Å². The van der Waals surface area contributed by atoms with E-state index in [-0.39, 0.29) is 18.1 Å². The molecule has 2 aromatic rings. The smallest absolute Gasteiger partial charge is 0.362 e. The van der Waals surface area contributed by atoms with E-state index in [0.717, 1.165) is 11.3 Å². The SMILES string of the molecule is CCOC(=O)c1nnn(-c2ccc(C)c(C)c2)c1N. The number of nitrogens with two attached hydrogens (primary N) is 1. The van der Waals surface area contributed by atoms with Gasteiger partial charge in [-0.3, -0.25) is 0 Å². The largest absolute Gasteiger partial charge is 0.461 e. The molecule has 0 saturated carbocycles. The zero-order chi connectivity index (χ0) is 14.0. The van der Waals surface area contributed by atoms with E-state index in [1.165, 1.54) is 10.2 Å². The summed E-state index contributed by atoms with van der Waals surface area (Å²) >= 11 is 0. The van der Waals surface area contributed by atoms with Gasteiger partial charge in [0.1, 0.15) is 0 Å². The normalized spacial score (nSPS) is 10.5. The van der Waals surface area contributed by atoms with Gasteiger partial charge in [-0.1, -0.05) is 11.3 Å². The van der Waals surface area contributed by atoms with Gasteiger partial charge in [-0.15, -0.1) is 5.10 Å². The van der Waals surface area contributed by atoms with Crippen LogP contribution in [0.3, 0.4) is 0 Å². The van der Waals surface area contributed by atoms with Crippen molar-refractivity contribution in [2.75, 3.05) is 12.3 Å². The van der Waals surface area contributed by atoms with Crippen molar-refractivity contribution >= 4 is 11.8 Å². The molecule has 0 saturated heterocycles. The maximum atomic E-state index is 11.6. The van der Waals surface area contributed by atoms with Crippen molar-refractivity contribution in [2.24, 2.45) is 0 Å². The van der Waals surface area contributed by atoms with Crippen molar-refractivity contribution in [1.82, 2.24) is 15.0 Å². The molecule has 0 spiro atoms. The van der Waals surface area contributed by atoms with Gasteiger partial charge >= 0.3 is 5.97 Å².